The van der Waals surface area contributed by atoms with Gasteiger partial charge in [-0.2, -0.15) is 5.26 Å². The molecule has 0 radical (unpaired) electrons. The van der Waals surface area contributed by atoms with Crippen molar-refractivity contribution in [1.82, 2.24) is 4.90 Å². The normalized spacial score (nSPS) is 20.8. The largest absolute Gasteiger partial charge is 0.302 e. The van der Waals surface area contributed by atoms with Crippen LogP contribution in [0.1, 0.15) is 30.4 Å². The SMILES string of the molecule is N#Cc1ccccc1CN1CCCCC1C=O. The van der Waals surface area contributed by atoms with Crippen LogP contribution in [0.15, 0.2) is 24.3 Å². The van der Waals surface area contributed by atoms with E-state index >= 15 is 0 Å². The summed E-state index contributed by atoms with van der Waals surface area (Å²) >= 11 is 0. The maximum Gasteiger partial charge on any atom is 0.137 e. The zero-order valence-corrected chi connectivity index (χ0v) is 9.80. The van der Waals surface area contributed by atoms with Gasteiger partial charge < -0.3 is 4.79 Å². The van der Waals surface area contributed by atoms with Gasteiger partial charge in [-0.15, -0.1) is 0 Å². The first-order valence-electron chi connectivity index (χ1n) is 6.02. The van der Waals surface area contributed by atoms with Gasteiger partial charge in [-0.05, 0) is 31.0 Å². The molecule has 88 valence electrons. The Kier molecular flexibility index (Phi) is 3.89. The molecule has 17 heavy (non-hydrogen) atoms. The smallest absolute Gasteiger partial charge is 0.137 e. The van der Waals surface area contributed by atoms with Gasteiger partial charge >= 0.3 is 0 Å². The Morgan fingerprint density at radius 1 is 1.41 bits per heavy atom. The molecule has 3 nitrogen and oxygen atoms in total. The third-order valence-corrected chi connectivity index (χ3v) is 3.33. The molecule has 1 unspecified atom stereocenters. The number of nitrogens with zero attached hydrogens (tertiary/aromatic N) is 2. The Balaban J connectivity index is 2.14. The molecule has 0 spiro atoms. The quantitative estimate of drug-likeness (QED) is 0.744. The molecule has 1 fully saturated rings. The number of aldehydes is 1. The number of piperidine rings is 1. The van der Waals surface area contributed by atoms with Gasteiger partial charge in [-0.1, -0.05) is 24.6 Å². The number of benzene rings is 1. The van der Waals surface area contributed by atoms with E-state index in [0.29, 0.717) is 12.1 Å². The molecule has 0 saturated carbocycles. The fraction of sp³-hybridized carbons (Fsp3) is 0.429. The van der Waals surface area contributed by atoms with Crippen LogP contribution < -0.4 is 0 Å². The number of nitriles is 1. The molecule has 1 aromatic rings. The van der Waals surface area contributed by atoms with Crippen LogP contribution in [0.25, 0.3) is 0 Å². The van der Waals surface area contributed by atoms with Gasteiger partial charge in [0.2, 0.25) is 0 Å². The predicted octanol–water partition coefficient (Wildman–Crippen LogP) is 2.11. The summed E-state index contributed by atoms with van der Waals surface area (Å²) in [7, 11) is 0. The van der Waals surface area contributed by atoms with E-state index in [-0.39, 0.29) is 6.04 Å². The monoisotopic (exact) mass is 228 g/mol. The van der Waals surface area contributed by atoms with Crippen molar-refractivity contribution >= 4 is 6.29 Å². The molecule has 0 aliphatic carbocycles. The van der Waals surface area contributed by atoms with Crippen LogP contribution in [0.5, 0.6) is 0 Å². The molecular weight excluding hydrogens is 212 g/mol. The summed E-state index contributed by atoms with van der Waals surface area (Å²) in [6.45, 7) is 1.65. The van der Waals surface area contributed by atoms with Gasteiger partial charge in [0.15, 0.2) is 0 Å². The summed E-state index contributed by atoms with van der Waals surface area (Å²) in [5.41, 5.74) is 1.73. The second kappa shape index (κ2) is 5.60. The average Bonchev–Trinajstić information content (AvgIpc) is 2.40. The second-order valence-corrected chi connectivity index (χ2v) is 4.44. The zero-order valence-electron chi connectivity index (χ0n) is 9.80. The lowest BCUT2D eigenvalue weighted by molar-refractivity contribution is -0.113. The average molecular weight is 228 g/mol. The topological polar surface area (TPSA) is 44.1 Å². The van der Waals surface area contributed by atoms with Gasteiger partial charge in [0.05, 0.1) is 17.7 Å². The highest BCUT2D eigenvalue weighted by Crippen LogP contribution is 2.19. The summed E-state index contributed by atoms with van der Waals surface area (Å²) in [5.74, 6) is 0. The standard InChI is InChI=1S/C14H16N2O/c15-9-12-5-1-2-6-13(12)10-16-8-4-3-7-14(16)11-17/h1-2,5-6,11,14H,3-4,7-8,10H2. The fourth-order valence-corrected chi connectivity index (χ4v) is 2.35. The van der Waals surface area contributed by atoms with E-state index in [1.165, 1.54) is 0 Å². The Bertz CT molecular complexity index is 436. The molecule has 2 rings (SSSR count). The van der Waals surface area contributed by atoms with Crippen molar-refractivity contribution in [1.29, 1.82) is 5.26 Å². The highest BCUT2D eigenvalue weighted by atomic mass is 16.1. The molecule has 1 atom stereocenters. The highest BCUT2D eigenvalue weighted by molar-refractivity contribution is 5.57. The molecule has 1 saturated heterocycles. The van der Waals surface area contributed by atoms with Crippen LogP contribution in [-0.4, -0.2) is 23.8 Å². The van der Waals surface area contributed by atoms with E-state index in [9.17, 15) is 4.79 Å². The van der Waals surface area contributed by atoms with Crippen LogP contribution in [0.4, 0.5) is 0 Å². The van der Waals surface area contributed by atoms with E-state index in [1.54, 1.807) is 0 Å². The van der Waals surface area contributed by atoms with Crippen LogP contribution in [0.2, 0.25) is 0 Å². The van der Waals surface area contributed by atoms with Gasteiger partial charge in [0, 0.05) is 6.54 Å². The molecule has 0 N–H and O–H groups in total. The number of likely N-dealkylation sites (tertiary alicyclic amines) is 1. The molecule has 0 aromatic heterocycles. The Hall–Kier alpha value is -1.66. The number of rotatable bonds is 3. The molecule has 0 bridgehead atoms. The van der Waals surface area contributed by atoms with Crippen molar-refractivity contribution in [3.63, 3.8) is 0 Å². The Morgan fingerprint density at radius 3 is 3.00 bits per heavy atom. The summed E-state index contributed by atoms with van der Waals surface area (Å²) in [4.78, 5) is 13.2. The summed E-state index contributed by atoms with van der Waals surface area (Å²) in [5, 5.41) is 9.03. The number of carbonyl (C=O) groups is 1. The Labute approximate surface area is 102 Å². The molecule has 1 aromatic carbocycles. The van der Waals surface area contributed by atoms with Crippen molar-refractivity contribution in [3.05, 3.63) is 35.4 Å². The first kappa shape index (κ1) is 11.8. The van der Waals surface area contributed by atoms with Crippen molar-refractivity contribution in [2.75, 3.05) is 6.54 Å². The van der Waals surface area contributed by atoms with E-state index in [2.05, 4.69) is 11.0 Å². The van der Waals surface area contributed by atoms with Gasteiger partial charge in [0.1, 0.15) is 6.29 Å². The lowest BCUT2D eigenvalue weighted by Gasteiger charge is -2.32. The molecule has 1 aliphatic heterocycles. The summed E-state index contributed by atoms with van der Waals surface area (Å²) in [6, 6.07) is 9.83. The minimum Gasteiger partial charge on any atom is -0.302 e. The zero-order chi connectivity index (χ0) is 12.1. The number of hydrogen-bond acceptors (Lipinski definition) is 3. The molecule has 1 aliphatic rings. The second-order valence-electron chi connectivity index (χ2n) is 4.44. The molecule has 0 amide bonds. The van der Waals surface area contributed by atoms with Crippen LogP contribution in [0, 0.1) is 11.3 Å². The van der Waals surface area contributed by atoms with Gasteiger partial charge in [-0.3, -0.25) is 4.90 Å². The van der Waals surface area contributed by atoms with E-state index in [0.717, 1.165) is 37.7 Å². The lowest BCUT2D eigenvalue weighted by Crippen LogP contribution is -2.40. The minimum atomic E-state index is 0.0236. The third-order valence-electron chi connectivity index (χ3n) is 3.33. The van der Waals surface area contributed by atoms with Crippen molar-refractivity contribution in [2.24, 2.45) is 0 Å². The summed E-state index contributed by atoms with van der Waals surface area (Å²) in [6.07, 6.45) is 4.24. The maximum atomic E-state index is 11.0. The van der Waals surface area contributed by atoms with E-state index in [4.69, 9.17) is 5.26 Å². The fourth-order valence-electron chi connectivity index (χ4n) is 2.35. The number of carbonyl (C=O) groups excluding carboxylic acids is 1. The molecular formula is C14H16N2O. The van der Waals surface area contributed by atoms with Crippen LogP contribution in [-0.2, 0) is 11.3 Å². The first-order valence-corrected chi connectivity index (χ1v) is 6.02. The van der Waals surface area contributed by atoms with Crippen molar-refractivity contribution in [2.45, 2.75) is 31.8 Å². The van der Waals surface area contributed by atoms with Crippen molar-refractivity contribution < 1.29 is 4.79 Å². The van der Waals surface area contributed by atoms with E-state index < -0.39 is 0 Å². The minimum absolute atomic E-state index is 0.0236. The molecule has 3 heteroatoms. The summed E-state index contributed by atoms with van der Waals surface area (Å²) < 4.78 is 0. The van der Waals surface area contributed by atoms with E-state index in [1.807, 2.05) is 24.3 Å². The maximum absolute atomic E-state index is 11.0. The molecule has 1 heterocycles. The lowest BCUT2D eigenvalue weighted by atomic mass is 10.0. The number of hydrogen-bond donors (Lipinski definition) is 0. The first-order chi connectivity index (χ1) is 8.35. The van der Waals surface area contributed by atoms with Gasteiger partial charge in [-0.25, -0.2) is 0 Å². The third kappa shape index (κ3) is 2.72. The predicted molar refractivity (Wildman–Crippen MR) is 65.3 cm³/mol. The van der Waals surface area contributed by atoms with Gasteiger partial charge in [0.25, 0.3) is 0 Å². The highest BCUT2D eigenvalue weighted by Gasteiger charge is 2.22. The van der Waals surface area contributed by atoms with Crippen LogP contribution >= 0.6 is 0 Å². The van der Waals surface area contributed by atoms with Crippen LogP contribution in [0.3, 0.4) is 0 Å². The van der Waals surface area contributed by atoms with Crippen molar-refractivity contribution in [3.8, 4) is 6.07 Å². The Morgan fingerprint density at radius 2 is 2.24 bits per heavy atom.